The largest absolute Gasteiger partial charge is 0.493 e. The Labute approximate surface area is 181 Å². The van der Waals surface area contributed by atoms with E-state index in [1.807, 2.05) is 24.3 Å². The standard InChI is InChI=1S/C23H26N2O6/c1-24(13-17-14-30-19-6-4-5-7-20(19)31-17)23(27)15-10-22(26)25(12-15)16-8-9-18(28-2)21(11-16)29-3/h4-9,11,15,17H,10,12-14H2,1-3H3. The van der Waals surface area contributed by atoms with Gasteiger partial charge in [0.15, 0.2) is 29.1 Å². The SMILES string of the molecule is COc1ccc(N2CC(C(=O)N(C)CC3COc4ccccc4O3)CC2=O)cc1OC. The minimum atomic E-state index is -0.414. The predicted molar refractivity (Wildman–Crippen MR) is 114 cm³/mol. The van der Waals surface area contributed by atoms with Crippen molar-refractivity contribution in [2.24, 2.45) is 5.92 Å². The van der Waals surface area contributed by atoms with Gasteiger partial charge in [-0.25, -0.2) is 0 Å². The molecule has 8 nitrogen and oxygen atoms in total. The van der Waals surface area contributed by atoms with Crippen LogP contribution in [0.2, 0.25) is 0 Å². The lowest BCUT2D eigenvalue weighted by atomic mass is 10.1. The zero-order valence-electron chi connectivity index (χ0n) is 17.9. The van der Waals surface area contributed by atoms with Gasteiger partial charge in [0.05, 0.1) is 26.7 Å². The molecule has 2 aromatic carbocycles. The Morgan fingerprint density at radius 3 is 2.61 bits per heavy atom. The van der Waals surface area contributed by atoms with Crippen molar-refractivity contribution in [1.82, 2.24) is 4.90 Å². The zero-order chi connectivity index (χ0) is 22.0. The van der Waals surface area contributed by atoms with E-state index in [9.17, 15) is 9.59 Å². The minimum absolute atomic E-state index is 0.0845. The highest BCUT2D eigenvalue weighted by molar-refractivity contribution is 6.00. The Morgan fingerprint density at radius 2 is 1.87 bits per heavy atom. The molecule has 4 rings (SSSR count). The molecule has 2 atom stereocenters. The first-order valence-corrected chi connectivity index (χ1v) is 10.2. The number of para-hydroxylation sites is 2. The van der Waals surface area contributed by atoms with E-state index in [1.54, 1.807) is 49.3 Å². The van der Waals surface area contributed by atoms with Crippen molar-refractivity contribution in [3.05, 3.63) is 42.5 Å². The summed E-state index contributed by atoms with van der Waals surface area (Å²) in [6, 6.07) is 12.8. The lowest BCUT2D eigenvalue weighted by Gasteiger charge is -2.30. The number of nitrogens with zero attached hydrogens (tertiary/aromatic N) is 2. The summed E-state index contributed by atoms with van der Waals surface area (Å²) < 4.78 is 22.3. The van der Waals surface area contributed by atoms with Gasteiger partial charge in [-0.3, -0.25) is 9.59 Å². The molecule has 2 amide bonds. The van der Waals surface area contributed by atoms with Crippen LogP contribution in [-0.4, -0.2) is 63.8 Å². The summed E-state index contributed by atoms with van der Waals surface area (Å²) in [6.45, 7) is 1.08. The van der Waals surface area contributed by atoms with Crippen molar-refractivity contribution in [1.29, 1.82) is 0 Å². The molecule has 2 aliphatic heterocycles. The number of hydrogen-bond donors (Lipinski definition) is 0. The van der Waals surface area contributed by atoms with Gasteiger partial charge in [0.25, 0.3) is 0 Å². The Kier molecular flexibility index (Phi) is 5.88. The van der Waals surface area contributed by atoms with Gasteiger partial charge < -0.3 is 28.7 Å². The fourth-order valence-corrected chi connectivity index (χ4v) is 3.98. The van der Waals surface area contributed by atoms with Gasteiger partial charge in [-0.1, -0.05) is 12.1 Å². The number of methoxy groups -OCH3 is 2. The maximum absolute atomic E-state index is 13.0. The number of hydrogen-bond acceptors (Lipinski definition) is 6. The molecule has 2 aromatic rings. The van der Waals surface area contributed by atoms with Crippen LogP contribution < -0.4 is 23.8 Å². The number of rotatable bonds is 6. The van der Waals surface area contributed by atoms with E-state index < -0.39 is 5.92 Å². The van der Waals surface area contributed by atoms with Crippen molar-refractivity contribution >= 4 is 17.5 Å². The Hall–Kier alpha value is -3.42. The smallest absolute Gasteiger partial charge is 0.227 e. The number of carbonyl (C=O) groups excluding carboxylic acids is 2. The summed E-state index contributed by atoms with van der Waals surface area (Å²) >= 11 is 0. The van der Waals surface area contributed by atoms with Crippen LogP contribution in [0.15, 0.2) is 42.5 Å². The second kappa shape index (κ2) is 8.75. The van der Waals surface area contributed by atoms with E-state index >= 15 is 0 Å². The maximum Gasteiger partial charge on any atom is 0.227 e. The number of likely N-dealkylation sites (N-methyl/N-ethyl adjacent to an activating group) is 1. The molecule has 0 aliphatic carbocycles. The van der Waals surface area contributed by atoms with Crippen LogP contribution >= 0.6 is 0 Å². The summed E-state index contributed by atoms with van der Waals surface area (Å²) in [5.74, 6) is 1.91. The number of carbonyl (C=O) groups is 2. The van der Waals surface area contributed by atoms with Crippen LogP contribution in [0.1, 0.15) is 6.42 Å². The van der Waals surface area contributed by atoms with Crippen molar-refractivity contribution in [2.45, 2.75) is 12.5 Å². The predicted octanol–water partition coefficient (Wildman–Crippen LogP) is 2.36. The van der Waals surface area contributed by atoms with Crippen LogP contribution in [0.4, 0.5) is 5.69 Å². The first kappa shape index (κ1) is 20.8. The van der Waals surface area contributed by atoms with Crippen molar-refractivity contribution in [3.8, 4) is 23.0 Å². The van der Waals surface area contributed by atoms with Crippen molar-refractivity contribution in [2.75, 3.05) is 45.9 Å². The first-order chi connectivity index (χ1) is 15.0. The molecular formula is C23H26N2O6. The van der Waals surface area contributed by atoms with Gasteiger partial charge in [0.2, 0.25) is 11.8 Å². The van der Waals surface area contributed by atoms with E-state index in [2.05, 4.69) is 0 Å². The Bertz CT molecular complexity index is 978. The second-order valence-corrected chi connectivity index (χ2v) is 7.66. The van der Waals surface area contributed by atoms with Gasteiger partial charge >= 0.3 is 0 Å². The fraction of sp³-hybridized carbons (Fsp3) is 0.391. The molecule has 0 radical (unpaired) electrons. The Morgan fingerprint density at radius 1 is 1.13 bits per heavy atom. The molecule has 31 heavy (non-hydrogen) atoms. The number of amides is 2. The summed E-state index contributed by atoms with van der Waals surface area (Å²) in [6.07, 6.45) is -0.0922. The summed E-state index contributed by atoms with van der Waals surface area (Å²) in [5.41, 5.74) is 0.682. The molecule has 1 saturated heterocycles. The van der Waals surface area contributed by atoms with Crippen LogP contribution in [0, 0.1) is 5.92 Å². The molecule has 2 aliphatic rings. The van der Waals surface area contributed by atoms with E-state index in [0.717, 1.165) is 0 Å². The minimum Gasteiger partial charge on any atom is -0.493 e. The van der Waals surface area contributed by atoms with Crippen molar-refractivity contribution < 1.29 is 28.5 Å². The third-order valence-corrected chi connectivity index (χ3v) is 5.57. The topological polar surface area (TPSA) is 77.5 Å². The highest BCUT2D eigenvalue weighted by Gasteiger charge is 2.37. The molecule has 0 spiro atoms. The average Bonchev–Trinajstić information content (AvgIpc) is 3.19. The number of benzene rings is 2. The number of ether oxygens (including phenoxy) is 4. The average molecular weight is 426 g/mol. The second-order valence-electron chi connectivity index (χ2n) is 7.66. The molecule has 0 bridgehead atoms. The molecule has 2 unspecified atom stereocenters. The maximum atomic E-state index is 13.0. The highest BCUT2D eigenvalue weighted by atomic mass is 16.6. The fourth-order valence-electron chi connectivity index (χ4n) is 3.98. The van der Waals surface area contributed by atoms with Gasteiger partial charge in [0, 0.05) is 31.8 Å². The normalized spacial score (nSPS) is 19.8. The van der Waals surface area contributed by atoms with Crippen LogP contribution in [-0.2, 0) is 9.59 Å². The van der Waals surface area contributed by atoms with Gasteiger partial charge in [-0.2, -0.15) is 0 Å². The van der Waals surface area contributed by atoms with Gasteiger partial charge in [0.1, 0.15) is 6.61 Å². The van der Waals surface area contributed by atoms with Crippen LogP contribution in [0.3, 0.4) is 0 Å². The summed E-state index contributed by atoms with van der Waals surface area (Å²) in [7, 11) is 4.84. The zero-order valence-corrected chi connectivity index (χ0v) is 17.9. The van der Waals surface area contributed by atoms with E-state index in [1.165, 1.54) is 0 Å². The third kappa shape index (κ3) is 4.23. The molecule has 0 saturated carbocycles. The molecule has 0 aromatic heterocycles. The molecule has 164 valence electrons. The van der Waals surface area contributed by atoms with Gasteiger partial charge in [-0.15, -0.1) is 0 Å². The van der Waals surface area contributed by atoms with E-state index in [-0.39, 0.29) is 24.3 Å². The monoisotopic (exact) mass is 426 g/mol. The highest BCUT2D eigenvalue weighted by Crippen LogP contribution is 2.35. The van der Waals surface area contributed by atoms with Crippen LogP contribution in [0.5, 0.6) is 23.0 Å². The van der Waals surface area contributed by atoms with Crippen LogP contribution in [0.25, 0.3) is 0 Å². The van der Waals surface area contributed by atoms with Gasteiger partial charge in [-0.05, 0) is 24.3 Å². The molecular weight excluding hydrogens is 400 g/mol. The number of fused-ring (bicyclic) bond motifs is 1. The Balaban J connectivity index is 1.39. The quantitative estimate of drug-likeness (QED) is 0.706. The van der Waals surface area contributed by atoms with E-state index in [0.29, 0.717) is 48.4 Å². The molecule has 8 heteroatoms. The lowest BCUT2D eigenvalue weighted by Crippen LogP contribution is -2.44. The van der Waals surface area contributed by atoms with Crippen molar-refractivity contribution in [3.63, 3.8) is 0 Å². The van der Waals surface area contributed by atoms with E-state index in [4.69, 9.17) is 18.9 Å². The molecule has 1 fully saturated rings. The summed E-state index contributed by atoms with van der Waals surface area (Å²) in [4.78, 5) is 28.9. The number of anilines is 1. The third-order valence-electron chi connectivity index (χ3n) is 5.57. The molecule has 0 N–H and O–H groups in total. The lowest BCUT2D eigenvalue weighted by molar-refractivity contribution is -0.135. The first-order valence-electron chi connectivity index (χ1n) is 10.2. The molecule has 2 heterocycles. The summed E-state index contributed by atoms with van der Waals surface area (Å²) in [5, 5.41) is 0.